The van der Waals surface area contributed by atoms with Gasteiger partial charge in [-0.25, -0.2) is 4.79 Å². The number of esters is 1. The maximum absolute atomic E-state index is 13.5. The Morgan fingerprint density at radius 1 is 1.12 bits per heavy atom. The molecule has 0 unspecified atom stereocenters. The number of hydrogen-bond donors (Lipinski definition) is 1. The molecule has 1 saturated carbocycles. The summed E-state index contributed by atoms with van der Waals surface area (Å²) in [7, 11) is 4.71. The van der Waals surface area contributed by atoms with Gasteiger partial charge in [0.1, 0.15) is 5.75 Å². The van der Waals surface area contributed by atoms with Crippen LogP contribution in [0.1, 0.15) is 55.2 Å². The second-order valence-corrected chi connectivity index (χ2v) is 15.7. The fourth-order valence-corrected chi connectivity index (χ4v) is 9.03. The van der Waals surface area contributed by atoms with Crippen LogP contribution in [0.5, 0.6) is 5.75 Å². The zero-order valence-electron chi connectivity index (χ0n) is 30.2. The average molecular weight is 722 g/mol. The van der Waals surface area contributed by atoms with E-state index in [1.54, 1.807) is 25.1 Å². The van der Waals surface area contributed by atoms with Crippen molar-refractivity contribution in [3.63, 3.8) is 0 Å². The van der Waals surface area contributed by atoms with Gasteiger partial charge in [-0.05, 0) is 91.3 Å². The van der Waals surface area contributed by atoms with Crippen LogP contribution in [-0.4, -0.2) is 113 Å². The molecule has 276 valence electrons. The number of likely N-dealkylation sites (tertiary alicyclic amines) is 1. The molecular formula is C40H52ClN3O7. The van der Waals surface area contributed by atoms with Crippen LogP contribution in [0.25, 0.3) is 0 Å². The Labute approximate surface area is 306 Å². The Morgan fingerprint density at radius 3 is 2.73 bits per heavy atom. The van der Waals surface area contributed by atoms with Crippen LogP contribution >= 0.6 is 11.6 Å². The molecule has 2 fully saturated rings. The number of aliphatic hydroxyl groups is 1. The Hall–Kier alpha value is -3.15. The second-order valence-electron chi connectivity index (χ2n) is 15.3. The lowest BCUT2D eigenvalue weighted by Gasteiger charge is -2.46. The topological polar surface area (TPSA) is 101 Å². The SMILES string of the molecule is COC(=O)[C@@]1(O)CC(=O)N(C)CCC=C[C@H](OCCN2CC(OC)C2)[C@@H]2CC[C@H]2CN2C[C@@]3(CCCc4cc(Cl)ccc43)COc3ccc1cc32. The highest BCUT2D eigenvalue weighted by Crippen LogP contribution is 2.48. The molecule has 51 heavy (non-hydrogen) atoms. The minimum Gasteiger partial charge on any atom is -0.490 e. The number of carbonyl (C=O) groups excluding carboxylic acids is 2. The quantitative estimate of drug-likeness (QED) is 0.336. The zero-order valence-corrected chi connectivity index (χ0v) is 30.9. The highest BCUT2D eigenvalue weighted by atomic mass is 35.5. The maximum Gasteiger partial charge on any atom is 0.343 e. The fourth-order valence-electron chi connectivity index (χ4n) is 8.84. The first-order valence-corrected chi connectivity index (χ1v) is 18.9. The number of hydrogen-bond acceptors (Lipinski definition) is 9. The normalized spacial score (nSPS) is 30.1. The average Bonchev–Trinajstić information content (AvgIpc) is 3.24. The summed E-state index contributed by atoms with van der Waals surface area (Å²) >= 11 is 6.48. The standard InChI is InChI=1S/C40H52ClN3O7/c1-42-16-5-4-8-35(50-18-17-43-23-31(24-43)48-2)32-12-9-28(32)22-44-25-39(15-6-7-27-19-30(41)11-13-33(27)39)26-51-36-14-10-29(20-34(36)44)40(47,21-37(42)45)38(46)49-3/h4,8,10-11,13-14,19-20,28,31-32,35,47H,5-7,9,12,15-18,21-26H2,1-3H3/t28-,32+,35-,39-,40+/m0/s1. The minimum absolute atomic E-state index is 0.0397. The number of amides is 1. The second kappa shape index (κ2) is 15.1. The molecule has 10 nitrogen and oxygen atoms in total. The summed E-state index contributed by atoms with van der Waals surface area (Å²) in [6, 6.07) is 11.6. The molecule has 2 bridgehead atoms. The number of fused-ring (bicyclic) bond motifs is 4. The summed E-state index contributed by atoms with van der Waals surface area (Å²) in [6.45, 7) is 5.80. The largest absolute Gasteiger partial charge is 0.490 e. The number of methoxy groups -OCH3 is 2. The molecule has 5 aliphatic rings. The van der Waals surface area contributed by atoms with Gasteiger partial charge in [-0.15, -0.1) is 0 Å². The van der Waals surface area contributed by atoms with Gasteiger partial charge in [-0.1, -0.05) is 35.9 Å². The van der Waals surface area contributed by atoms with Gasteiger partial charge < -0.3 is 33.9 Å². The van der Waals surface area contributed by atoms with Crippen LogP contribution in [0.2, 0.25) is 5.02 Å². The van der Waals surface area contributed by atoms with Crippen LogP contribution in [-0.2, 0) is 41.2 Å². The molecule has 1 saturated heterocycles. The predicted molar refractivity (Wildman–Crippen MR) is 195 cm³/mol. The highest BCUT2D eigenvalue weighted by molar-refractivity contribution is 6.30. The highest BCUT2D eigenvalue weighted by Gasteiger charge is 2.47. The van der Waals surface area contributed by atoms with Crippen LogP contribution < -0.4 is 9.64 Å². The van der Waals surface area contributed by atoms with E-state index >= 15 is 0 Å². The lowest BCUT2D eigenvalue weighted by atomic mass is 9.68. The number of aryl methyl sites for hydroxylation is 1. The summed E-state index contributed by atoms with van der Waals surface area (Å²) < 4.78 is 23.9. The van der Waals surface area contributed by atoms with Gasteiger partial charge in [0.15, 0.2) is 5.60 Å². The van der Waals surface area contributed by atoms with Crippen LogP contribution in [0.3, 0.4) is 0 Å². The van der Waals surface area contributed by atoms with Gasteiger partial charge in [-0.3, -0.25) is 9.69 Å². The summed E-state index contributed by atoms with van der Waals surface area (Å²) in [5, 5.41) is 12.8. The Kier molecular flexibility index (Phi) is 10.7. The van der Waals surface area contributed by atoms with Gasteiger partial charge in [0.2, 0.25) is 5.91 Å². The molecule has 1 spiro atoms. The van der Waals surface area contributed by atoms with Gasteiger partial charge in [0.05, 0.1) is 44.6 Å². The molecular weight excluding hydrogens is 670 g/mol. The summed E-state index contributed by atoms with van der Waals surface area (Å²) in [6.07, 6.45) is 9.89. The predicted octanol–water partition coefficient (Wildman–Crippen LogP) is 4.72. The van der Waals surface area contributed by atoms with E-state index < -0.39 is 18.0 Å². The lowest BCUT2D eigenvalue weighted by molar-refractivity contribution is -0.168. The van der Waals surface area contributed by atoms with Crippen LogP contribution in [0.4, 0.5) is 5.69 Å². The number of benzene rings is 2. The van der Waals surface area contributed by atoms with Crippen molar-refractivity contribution >= 4 is 29.2 Å². The summed E-state index contributed by atoms with van der Waals surface area (Å²) in [4.78, 5) is 33.2. The van der Waals surface area contributed by atoms with Crippen molar-refractivity contribution in [1.82, 2.24) is 9.80 Å². The molecule has 0 radical (unpaired) electrons. The van der Waals surface area contributed by atoms with E-state index in [0.717, 1.165) is 69.0 Å². The molecule has 2 aliphatic carbocycles. The molecule has 11 heteroatoms. The molecule has 5 atom stereocenters. The van der Waals surface area contributed by atoms with E-state index in [0.29, 0.717) is 62.0 Å². The Balaban J connectivity index is 1.25. The van der Waals surface area contributed by atoms with Gasteiger partial charge in [0.25, 0.3) is 0 Å². The van der Waals surface area contributed by atoms with Crippen molar-refractivity contribution in [3.05, 3.63) is 70.3 Å². The molecule has 1 N–H and O–H groups in total. The third-order valence-corrected chi connectivity index (χ3v) is 12.4. The number of rotatable bonds is 6. The molecule has 2 aromatic rings. The van der Waals surface area contributed by atoms with Gasteiger partial charge in [0, 0.05) is 63.9 Å². The molecule has 3 aliphatic heterocycles. The first kappa shape index (κ1) is 36.2. The zero-order chi connectivity index (χ0) is 35.8. The van der Waals surface area contributed by atoms with E-state index in [1.165, 1.54) is 18.2 Å². The van der Waals surface area contributed by atoms with E-state index in [1.807, 2.05) is 18.2 Å². The lowest BCUT2D eigenvalue weighted by Crippen LogP contribution is -2.53. The number of anilines is 1. The van der Waals surface area contributed by atoms with Crippen LogP contribution in [0.15, 0.2) is 48.6 Å². The monoisotopic (exact) mass is 721 g/mol. The summed E-state index contributed by atoms with van der Waals surface area (Å²) in [5.41, 5.74) is 1.22. The van der Waals surface area contributed by atoms with E-state index in [2.05, 4.69) is 34.1 Å². The van der Waals surface area contributed by atoms with Crippen molar-refractivity contribution in [1.29, 1.82) is 0 Å². The third-order valence-electron chi connectivity index (χ3n) is 12.2. The van der Waals surface area contributed by atoms with Crippen molar-refractivity contribution in [2.45, 2.75) is 68.2 Å². The number of nitrogens with zero attached hydrogens (tertiary/aromatic N) is 3. The smallest absolute Gasteiger partial charge is 0.343 e. The van der Waals surface area contributed by atoms with Crippen molar-refractivity contribution in [2.75, 3.05) is 78.6 Å². The van der Waals surface area contributed by atoms with Crippen molar-refractivity contribution < 1.29 is 33.6 Å². The van der Waals surface area contributed by atoms with Crippen molar-refractivity contribution in [3.8, 4) is 5.75 Å². The molecule has 2 aromatic carbocycles. The third kappa shape index (κ3) is 7.27. The number of ether oxygens (including phenoxy) is 4. The Morgan fingerprint density at radius 2 is 1.96 bits per heavy atom. The van der Waals surface area contributed by atoms with Gasteiger partial charge >= 0.3 is 5.97 Å². The van der Waals surface area contributed by atoms with E-state index in [9.17, 15) is 14.7 Å². The molecule has 1 amide bonds. The number of carbonyl (C=O) groups is 2. The fraction of sp³-hybridized carbons (Fsp3) is 0.600. The molecule has 3 heterocycles. The van der Waals surface area contributed by atoms with Gasteiger partial charge in [-0.2, -0.15) is 0 Å². The molecule has 7 rings (SSSR count). The van der Waals surface area contributed by atoms with E-state index in [-0.39, 0.29) is 17.4 Å². The Bertz CT molecular complexity index is 1630. The number of halogens is 1. The van der Waals surface area contributed by atoms with Crippen LogP contribution in [0, 0.1) is 11.8 Å². The first-order valence-electron chi connectivity index (χ1n) is 18.5. The van der Waals surface area contributed by atoms with E-state index in [4.69, 9.17) is 30.5 Å². The van der Waals surface area contributed by atoms with Crippen molar-refractivity contribution in [2.24, 2.45) is 11.8 Å². The summed E-state index contributed by atoms with van der Waals surface area (Å²) in [5.74, 6) is 0.168. The first-order chi connectivity index (χ1) is 24.6. The maximum atomic E-state index is 13.5. The molecule has 0 aromatic heterocycles. The minimum atomic E-state index is -2.16.